The molecule has 2 aliphatic rings. The molecular weight excluding hydrogens is 314 g/mol. The highest BCUT2D eigenvalue weighted by Gasteiger charge is 2.23. The molecule has 0 spiro atoms. The number of amides is 2. The predicted octanol–water partition coefficient (Wildman–Crippen LogP) is 2.96. The first-order valence-electron chi connectivity index (χ1n) is 8.72. The number of nitrogen functional groups attached to an aromatic ring is 1. The van der Waals surface area contributed by atoms with Crippen LogP contribution >= 0.6 is 0 Å². The lowest BCUT2D eigenvalue weighted by molar-refractivity contribution is -0.116. The second kappa shape index (κ2) is 6.24. The fraction of sp³-hybridized carbons (Fsp3) is 0.300. The third-order valence-corrected chi connectivity index (χ3v) is 5.05. The maximum atomic E-state index is 12.7. The van der Waals surface area contributed by atoms with Gasteiger partial charge in [-0.25, -0.2) is 0 Å². The van der Waals surface area contributed by atoms with E-state index in [1.54, 1.807) is 6.07 Å². The second-order valence-electron chi connectivity index (χ2n) is 6.80. The summed E-state index contributed by atoms with van der Waals surface area (Å²) in [6, 6.07) is 11.4. The van der Waals surface area contributed by atoms with Crippen molar-refractivity contribution in [1.29, 1.82) is 0 Å². The molecule has 0 saturated heterocycles. The number of carbonyl (C=O) groups is 2. The Morgan fingerprint density at radius 1 is 1.08 bits per heavy atom. The molecule has 1 heterocycles. The van der Waals surface area contributed by atoms with Gasteiger partial charge in [-0.2, -0.15) is 0 Å². The highest BCUT2D eigenvalue weighted by Crippen LogP contribution is 2.31. The molecule has 25 heavy (non-hydrogen) atoms. The van der Waals surface area contributed by atoms with E-state index in [1.165, 1.54) is 11.1 Å². The molecular formula is C20H21N3O2. The van der Waals surface area contributed by atoms with E-state index in [-0.39, 0.29) is 17.9 Å². The Morgan fingerprint density at radius 3 is 2.84 bits per heavy atom. The molecule has 4 rings (SSSR count). The summed E-state index contributed by atoms with van der Waals surface area (Å²) in [5.41, 5.74) is 11.5. The molecule has 2 aromatic rings. The molecule has 1 unspecified atom stereocenters. The van der Waals surface area contributed by atoms with Crippen LogP contribution in [-0.4, -0.2) is 11.8 Å². The van der Waals surface area contributed by atoms with Gasteiger partial charge in [-0.05, 0) is 72.7 Å². The maximum Gasteiger partial charge on any atom is 0.251 e. The highest BCUT2D eigenvalue weighted by molar-refractivity contribution is 5.98. The second-order valence-corrected chi connectivity index (χ2v) is 6.80. The van der Waals surface area contributed by atoms with Crippen LogP contribution in [0.2, 0.25) is 0 Å². The molecule has 2 amide bonds. The molecule has 5 nitrogen and oxygen atoms in total. The fourth-order valence-corrected chi connectivity index (χ4v) is 3.75. The number of fused-ring (bicyclic) bond motifs is 2. The number of benzene rings is 2. The van der Waals surface area contributed by atoms with E-state index in [1.807, 2.05) is 30.3 Å². The van der Waals surface area contributed by atoms with Crippen molar-refractivity contribution in [3.8, 4) is 0 Å². The summed E-state index contributed by atoms with van der Waals surface area (Å²) in [7, 11) is 0. The number of rotatable bonds is 2. The lowest BCUT2D eigenvalue weighted by Crippen LogP contribution is -2.31. The number of aryl methyl sites for hydroxylation is 2. The SMILES string of the molecule is Nc1ccc2c(c1)CCCC2NC(=O)c1ccc2c(c1)CCC(=O)N2. The minimum Gasteiger partial charge on any atom is -0.399 e. The number of hydrogen-bond donors (Lipinski definition) is 3. The van der Waals surface area contributed by atoms with Crippen molar-refractivity contribution in [1.82, 2.24) is 5.32 Å². The molecule has 1 atom stereocenters. The van der Waals surface area contributed by atoms with Gasteiger partial charge in [0.05, 0.1) is 6.04 Å². The van der Waals surface area contributed by atoms with Crippen LogP contribution in [0.15, 0.2) is 36.4 Å². The lowest BCUT2D eigenvalue weighted by atomic mass is 9.87. The highest BCUT2D eigenvalue weighted by atomic mass is 16.2. The van der Waals surface area contributed by atoms with Crippen molar-refractivity contribution >= 4 is 23.2 Å². The summed E-state index contributed by atoms with van der Waals surface area (Å²) in [6.07, 6.45) is 4.12. The van der Waals surface area contributed by atoms with Gasteiger partial charge in [0.2, 0.25) is 5.91 Å². The van der Waals surface area contributed by atoms with Gasteiger partial charge in [0.15, 0.2) is 0 Å². The monoisotopic (exact) mass is 335 g/mol. The third kappa shape index (κ3) is 3.09. The van der Waals surface area contributed by atoms with Gasteiger partial charge >= 0.3 is 0 Å². The first-order chi connectivity index (χ1) is 12.1. The van der Waals surface area contributed by atoms with Crippen molar-refractivity contribution in [3.63, 3.8) is 0 Å². The van der Waals surface area contributed by atoms with Gasteiger partial charge in [0.25, 0.3) is 5.91 Å². The summed E-state index contributed by atoms with van der Waals surface area (Å²) in [6.45, 7) is 0. The zero-order valence-electron chi connectivity index (χ0n) is 14.0. The maximum absolute atomic E-state index is 12.7. The van der Waals surface area contributed by atoms with E-state index in [0.717, 1.165) is 36.2 Å². The van der Waals surface area contributed by atoms with E-state index in [4.69, 9.17) is 5.73 Å². The Labute approximate surface area is 146 Å². The summed E-state index contributed by atoms with van der Waals surface area (Å²) in [4.78, 5) is 24.2. The third-order valence-electron chi connectivity index (χ3n) is 5.05. The Bertz CT molecular complexity index is 860. The van der Waals surface area contributed by atoms with Crippen molar-refractivity contribution in [3.05, 3.63) is 58.7 Å². The lowest BCUT2D eigenvalue weighted by Gasteiger charge is -2.27. The van der Waals surface area contributed by atoms with Crippen molar-refractivity contribution in [2.24, 2.45) is 0 Å². The molecule has 128 valence electrons. The molecule has 1 aliphatic heterocycles. The first-order valence-corrected chi connectivity index (χ1v) is 8.72. The number of carbonyl (C=O) groups excluding carboxylic acids is 2. The van der Waals surface area contributed by atoms with Crippen LogP contribution in [0.25, 0.3) is 0 Å². The number of hydrogen-bond acceptors (Lipinski definition) is 3. The Balaban J connectivity index is 1.54. The Morgan fingerprint density at radius 2 is 1.96 bits per heavy atom. The first kappa shape index (κ1) is 15.7. The molecule has 0 fully saturated rings. The van der Waals surface area contributed by atoms with Crippen LogP contribution in [0, 0.1) is 0 Å². The quantitative estimate of drug-likeness (QED) is 0.738. The summed E-state index contributed by atoms with van der Waals surface area (Å²) in [5, 5.41) is 6.00. The van der Waals surface area contributed by atoms with E-state index >= 15 is 0 Å². The van der Waals surface area contributed by atoms with Crippen molar-refractivity contribution in [2.75, 3.05) is 11.1 Å². The van der Waals surface area contributed by atoms with Crippen molar-refractivity contribution in [2.45, 2.75) is 38.1 Å². The van der Waals surface area contributed by atoms with E-state index in [9.17, 15) is 9.59 Å². The molecule has 0 bridgehead atoms. The van der Waals surface area contributed by atoms with Crippen LogP contribution in [0.3, 0.4) is 0 Å². The smallest absolute Gasteiger partial charge is 0.251 e. The standard InChI is InChI=1S/C20H21N3O2/c21-15-6-7-16-12(11-15)2-1-3-18(16)23-20(25)14-4-8-17-13(10-14)5-9-19(24)22-17/h4,6-8,10-11,18H,1-3,5,9,21H2,(H,22,24)(H,23,25). The van der Waals surface area contributed by atoms with Crippen LogP contribution in [0.4, 0.5) is 11.4 Å². The summed E-state index contributed by atoms with van der Waals surface area (Å²) >= 11 is 0. The minimum absolute atomic E-state index is 0.0209. The normalized spacial score (nSPS) is 18.7. The predicted molar refractivity (Wildman–Crippen MR) is 97.4 cm³/mol. The molecule has 0 radical (unpaired) electrons. The Kier molecular flexibility index (Phi) is 3.92. The van der Waals surface area contributed by atoms with Crippen LogP contribution in [0.5, 0.6) is 0 Å². The summed E-state index contributed by atoms with van der Waals surface area (Å²) in [5.74, 6) is -0.0443. The summed E-state index contributed by atoms with van der Waals surface area (Å²) < 4.78 is 0. The van der Waals surface area contributed by atoms with Gasteiger partial charge in [-0.1, -0.05) is 6.07 Å². The average Bonchev–Trinajstić information content (AvgIpc) is 2.61. The fourth-order valence-electron chi connectivity index (χ4n) is 3.75. The zero-order valence-corrected chi connectivity index (χ0v) is 14.0. The number of nitrogens with one attached hydrogen (secondary N) is 2. The zero-order chi connectivity index (χ0) is 17.4. The van der Waals surface area contributed by atoms with E-state index < -0.39 is 0 Å². The molecule has 4 N–H and O–H groups in total. The Hall–Kier alpha value is -2.82. The van der Waals surface area contributed by atoms with Gasteiger partial charge in [-0.15, -0.1) is 0 Å². The average molecular weight is 335 g/mol. The van der Waals surface area contributed by atoms with Crippen LogP contribution in [0.1, 0.15) is 52.4 Å². The van der Waals surface area contributed by atoms with Crippen LogP contribution in [-0.2, 0) is 17.6 Å². The van der Waals surface area contributed by atoms with Crippen LogP contribution < -0.4 is 16.4 Å². The molecule has 1 aliphatic carbocycles. The van der Waals surface area contributed by atoms with E-state index in [0.29, 0.717) is 18.4 Å². The molecule has 0 aromatic heterocycles. The molecule has 2 aromatic carbocycles. The van der Waals surface area contributed by atoms with Gasteiger partial charge < -0.3 is 16.4 Å². The van der Waals surface area contributed by atoms with Gasteiger partial charge in [-0.3, -0.25) is 9.59 Å². The van der Waals surface area contributed by atoms with E-state index in [2.05, 4.69) is 10.6 Å². The van der Waals surface area contributed by atoms with Gasteiger partial charge in [0.1, 0.15) is 0 Å². The minimum atomic E-state index is -0.0747. The number of nitrogens with two attached hydrogens (primary N) is 1. The van der Waals surface area contributed by atoms with Crippen molar-refractivity contribution < 1.29 is 9.59 Å². The topological polar surface area (TPSA) is 84.2 Å². The number of anilines is 2. The molecule has 0 saturated carbocycles. The van der Waals surface area contributed by atoms with Gasteiger partial charge in [0, 0.05) is 23.4 Å². The molecule has 5 heteroatoms. The largest absolute Gasteiger partial charge is 0.399 e.